The SMILES string of the molecule is CC(C)C(=O)N1CCCc2ccc(NC(=O)C(=O)NCc3cccnc3)cc21. The lowest BCUT2D eigenvalue weighted by molar-refractivity contribution is -0.136. The Hall–Kier alpha value is -3.22. The molecule has 3 rings (SSSR count). The summed E-state index contributed by atoms with van der Waals surface area (Å²) >= 11 is 0. The van der Waals surface area contributed by atoms with Gasteiger partial charge in [-0.15, -0.1) is 0 Å². The lowest BCUT2D eigenvalue weighted by atomic mass is 9.99. The Labute approximate surface area is 164 Å². The molecule has 0 bridgehead atoms. The molecule has 2 aromatic rings. The van der Waals surface area contributed by atoms with Crippen LogP contribution in [-0.2, 0) is 27.3 Å². The fourth-order valence-corrected chi connectivity index (χ4v) is 3.15. The minimum absolute atomic E-state index is 0.0543. The molecular formula is C21H24N4O3. The molecule has 7 nitrogen and oxygen atoms in total. The lowest BCUT2D eigenvalue weighted by Crippen LogP contribution is -2.38. The number of pyridine rings is 1. The van der Waals surface area contributed by atoms with Gasteiger partial charge in [0, 0.05) is 42.8 Å². The zero-order chi connectivity index (χ0) is 20.1. The third kappa shape index (κ3) is 4.54. The topological polar surface area (TPSA) is 91.4 Å². The minimum Gasteiger partial charge on any atom is -0.344 e. The Bertz CT molecular complexity index is 880. The van der Waals surface area contributed by atoms with Crippen molar-refractivity contribution in [1.29, 1.82) is 0 Å². The number of amides is 3. The van der Waals surface area contributed by atoms with E-state index in [1.165, 1.54) is 0 Å². The maximum absolute atomic E-state index is 12.5. The van der Waals surface area contributed by atoms with Gasteiger partial charge in [0.1, 0.15) is 0 Å². The molecule has 1 aliphatic rings. The Balaban J connectivity index is 1.67. The molecule has 0 radical (unpaired) electrons. The van der Waals surface area contributed by atoms with Gasteiger partial charge in [-0.25, -0.2) is 0 Å². The van der Waals surface area contributed by atoms with E-state index in [1.54, 1.807) is 35.5 Å². The first kappa shape index (κ1) is 19.5. The molecule has 0 atom stereocenters. The zero-order valence-corrected chi connectivity index (χ0v) is 16.1. The van der Waals surface area contributed by atoms with Crippen LogP contribution in [0.2, 0.25) is 0 Å². The van der Waals surface area contributed by atoms with Crippen LogP contribution >= 0.6 is 0 Å². The normalized spacial score (nSPS) is 13.0. The van der Waals surface area contributed by atoms with Gasteiger partial charge in [-0.3, -0.25) is 19.4 Å². The predicted molar refractivity (Wildman–Crippen MR) is 107 cm³/mol. The smallest absolute Gasteiger partial charge is 0.313 e. The maximum Gasteiger partial charge on any atom is 0.313 e. The Morgan fingerprint density at radius 1 is 1.18 bits per heavy atom. The molecule has 146 valence electrons. The summed E-state index contributed by atoms with van der Waals surface area (Å²) in [7, 11) is 0. The molecule has 1 aliphatic heterocycles. The molecule has 7 heteroatoms. The average molecular weight is 380 g/mol. The number of hydrogen-bond donors (Lipinski definition) is 2. The van der Waals surface area contributed by atoms with E-state index in [2.05, 4.69) is 15.6 Å². The van der Waals surface area contributed by atoms with Crippen molar-refractivity contribution in [2.45, 2.75) is 33.2 Å². The van der Waals surface area contributed by atoms with Crippen molar-refractivity contribution in [3.8, 4) is 0 Å². The van der Waals surface area contributed by atoms with Gasteiger partial charge in [-0.1, -0.05) is 26.0 Å². The second kappa shape index (κ2) is 8.65. The van der Waals surface area contributed by atoms with Crippen LogP contribution in [0.15, 0.2) is 42.7 Å². The lowest BCUT2D eigenvalue weighted by Gasteiger charge is -2.31. The van der Waals surface area contributed by atoms with E-state index in [0.717, 1.165) is 29.7 Å². The van der Waals surface area contributed by atoms with Crippen LogP contribution in [0.3, 0.4) is 0 Å². The molecule has 1 aromatic carbocycles. The molecule has 0 fully saturated rings. The summed E-state index contributed by atoms with van der Waals surface area (Å²) in [5, 5.41) is 5.18. The zero-order valence-electron chi connectivity index (χ0n) is 16.1. The molecule has 2 N–H and O–H groups in total. The van der Waals surface area contributed by atoms with Crippen molar-refractivity contribution >= 4 is 29.1 Å². The minimum atomic E-state index is -0.749. The van der Waals surface area contributed by atoms with Crippen LogP contribution in [0.25, 0.3) is 0 Å². The second-order valence-corrected chi connectivity index (χ2v) is 7.09. The van der Waals surface area contributed by atoms with Crippen LogP contribution in [0, 0.1) is 5.92 Å². The average Bonchev–Trinajstić information content (AvgIpc) is 2.71. The van der Waals surface area contributed by atoms with Gasteiger partial charge in [-0.2, -0.15) is 0 Å². The van der Waals surface area contributed by atoms with Gasteiger partial charge in [0.2, 0.25) is 5.91 Å². The molecule has 0 spiro atoms. The van der Waals surface area contributed by atoms with Crippen LogP contribution in [-0.4, -0.2) is 29.3 Å². The van der Waals surface area contributed by atoms with Gasteiger partial charge in [0.25, 0.3) is 0 Å². The number of nitrogens with one attached hydrogen (secondary N) is 2. The van der Waals surface area contributed by atoms with E-state index >= 15 is 0 Å². The van der Waals surface area contributed by atoms with Crippen molar-refractivity contribution in [2.75, 3.05) is 16.8 Å². The van der Waals surface area contributed by atoms with Crippen LogP contribution in [0.5, 0.6) is 0 Å². The fraction of sp³-hybridized carbons (Fsp3) is 0.333. The molecule has 0 saturated carbocycles. The number of carbonyl (C=O) groups is 3. The van der Waals surface area contributed by atoms with Crippen molar-refractivity contribution in [3.63, 3.8) is 0 Å². The number of aryl methyl sites for hydroxylation is 1. The first-order valence-corrected chi connectivity index (χ1v) is 9.38. The summed E-state index contributed by atoms with van der Waals surface area (Å²) in [5.74, 6) is -1.53. The second-order valence-electron chi connectivity index (χ2n) is 7.09. The van der Waals surface area contributed by atoms with Crippen LogP contribution < -0.4 is 15.5 Å². The van der Waals surface area contributed by atoms with Crippen molar-refractivity contribution in [3.05, 3.63) is 53.9 Å². The summed E-state index contributed by atoms with van der Waals surface area (Å²) in [6.45, 7) is 4.62. The monoisotopic (exact) mass is 380 g/mol. The number of carbonyl (C=O) groups excluding carboxylic acids is 3. The number of benzene rings is 1. The summed E-state index contributed by atoms with van der Waals surface area (Å²) < 4.78 is 0. The van der Waals surface area contributed by atoms with Gasteiger partial charge in [-0.05, 0) is 42.2 Å². The number of hydrogen-bond acceptors (Lipinski definition) is 4. The fourth-order valence-electron chi connectivity index (χ4n) is 3.15. The first-order chi connectivity index (χ1) is 13.5. The standard InChI is InChI=1S/C21H24N4O3/c1-14(2)21(28)25-10-4-6-16-7-8-17(11-18(16)25)24-20(27)19(26)23-13-15-5-3-9-22-12-15/h3,5,7-9,11-12,14H,4,6,10,13H2,1-2H3,(H,23,26)(H,24,27). The van der Waals surface area contributed by atoms with Crippen molar-refractivity contribution in [1.82, 2.24) is 10.3 Å². The van der Waals surface area contributed by atoms with Crippen LogP contribution in [0.1, 0.15) is 31.4 Å². The number of rotatable bonds is 4. The van der Waals surface area contributed by atoms with Crippen molar-refractivity contribution < 1.29 is 14.4 Å². The highest BCUT2D eigenvalue weighted by Crippen LogP contribution is 2.31. The van der Waals surface area contributed by atoms with E-state index in [4.69, 9.17) is 0 Å². The molecular weight excluding hydrogens is 356 g/mol. The van der Waals surface area contributed by atoms with Crippen LogP contribution in [0.4, 0.5) is 11.4 Å². The van der Waals surface area contributed by atoms with Gasteiger partial charge < -0.3 is 15.5 Å². The molecule has 28 heavy (non-hydrogen) atoms. The quantitative estimate of drug-likeness (QED) is 0.796. The highest BCUT2D eigenvalue weighted by atomic mass is 16.2. The summed E-state index contributed by atoms with van der Waals surface area (Å²) in [5.41, 5.74) is 3.17. The predicted octanol–water partition coefficient (Wildman–Crippen LogP) is 2.27. The summed E-state index contributed by atoms with van der Waals surface area (Å²) in [6, 6.07) is 9.00. The molecule has 2 heterocycles. The number of fused-ring (bicyclic) bond motifs is 1. The highest BCUT2D eigenvalue weighted by Gasteiger charge is 2.25. The largest absolute Gasteiger partial charge is 0.344 e. The number of nitrogens with zero attached hydrogens (tertiary/aromatic N) is 2. The third-order valence-electron chi connectivity index (χ3n) is 4.60. The molecule has 1 aromatic heterocycles. The van der Waals surface area contributed by atoms with Gasteiger partial charge in [0.15, 0.2) is 0 Å². The highest BCUT2D eigenvalue weighted by molar-refractivity contribution is 6.39. The summed E-state index contributed by atoms with van der Waals surface area (Å²) in [6.07, 6.45) is 5.06. The Kier molecular flexibility index (Phi) is 6.03. The van der Waals surface area contributed by atoms with E-state index in [1.807, 2.05) is 26.0 Å². The van der Waals surface area contributed by atoms with E-state index in [-0.39, 0.29) is 18.4 Å². The Morgan fingerprint density at radius 3 is 2.71 bits per heavy atom. The molecule has 0 unspecified atom stereocenters. The Morgan fingerprint density at radius 2 is 2.00 bits per heavy atom. The molecule has 0 saturated heterocycles. The van der Waals surface area contributed by atoms with E-state index in [0.29, 0.717) is 12.2 Å². The van der Waals surface area contributed by atoms with Gasteiger partial charge in [0.05, 0.1) is 0 Å². The van der Waals surface area contributed by atoms with Gasteiger partial charge >= 0.3 is 11.8 Å². The molecule has 3 amide bonds. The van der Waals surface area contributed by atoms with E-state index in [9.17, 15) is 14.4 Å². The van der Waals surface area contributed by atoms with Crippen molar-refractivity contribution in [2.24, 2.45) is 5.92 Å². The maximum atomic E-state index is 12.5. The first-order valence-electron chi connectivity index (χ1n) is 9.38. The molecule has 0 aliphatic carbocycles. The number of aromatic nitrogens is 1. The van der Waals surface area contributed by atoms with E-state index < -0.39 is 11.8 Å². The third-order valence-corrected chi connectivity index (χ3v) is 4.60. The number of anilines is 2. The summed E-state index contributed by atoms with van der Waals surface area (Å²) in [4.78, 5) is 42.5.